The quantitative estimate of drug-likeness (QED) is 0.366. The van der Waals surface area contributed by atoms with Gasteiger partial charge < -0.3 is 10.1 Å². The van der Waals surface area contributed by atoms with E-state index in [9.17, 15) is 14.9 Å². The number of para-hydroxylation sites is 1. The monoisotopic (exact) mass is 487 g/mol. The summed E-state index contributed by atoms with van der Waals surface area (Å²) in [6, 6.07) is 9.90. The topological polar surface area (TPSA) is 92.1 Å². The summed E-state index contributed by atoms with van der Waals surface area (Å²) in [6.45, 7) is -0.391. The van der Waals surface area contributed by atoms with Gasteiger partial charge in [-0.3, -0.25) is 9.78 Å². The van der Waals surface area contributed by atoms with Crippen LogP contribution < -0.4 is 5.32 Å². The molecule has 1 amide bonds. The van der Waals surface area contributed by atoms with Gasteiger partial charge in [-0.2, -0.15) is 5.26 Å². The highest BCUT2D eigenvalue weighted by Gasteiger charge is 2.24. The van der Waals surface area contributed by atoms with E-state index in [0.717, 1.165) is 85.5 Å². The molecule has 2 heterocycles. The lowest BCUT2D eigenvalue weighted by Crippen LogP contribution is -2.22. The van der Waals surface area contributed by atoms with Crippen LogP contribution in [0.4, 0.5) is 5.00 Å². The molecule has 0 saturated heterocycles. The number of nitrogens with zero attached hydrogens (tertiary/aromatic N) is 2. The van der Waals surface area contributed by atoms with E-state index in [2.05, 4.69) is 11.4 Å². The Morgan fingerprint density at radius 1 is 0.971 bits per heavy atom. The third kappa shape index (κ3) is 4.94. The number of thiophene rings is 1. The number of hydrogen-bond donors (Lipinski definition) is 1. The molecule has 2 aliphatic carbocycles. The van der Waals surface area contributed by atoms with Gasteiger partial charge in [-0.05, 0) is 68.6 Å². The molecule has 0 radical (unpaired) electrons. The minimum Gasteiger partial charge on any atom is -0.452 e. The predicted octanol–water partition coefficient (Wildman–Crippen LogP) is 5.89. The molecule has 6 nitrogen and oxygen atoms in total. The van der Waals surface area contributed by atoms with E-state index in [1.807, 2.05) is 24.3 Å². The molecule has 3 aromatic rings. The number of ether oxygens (including phenoxy) is 1. The van der Waals surface area contributed by atoms with Crippen LogP contribution in [0, 0.1) is 11.3 Å². The zero-order chi connectivity index (χ0) is 24.2. The van der Waals surface area contributed by atoms with Gasteiger partial charge in [-0.25, -0.2) is 4.79 Å². The van der Waals surface area contributed by atoms with Crippen LogP contribution in [0.15, 0.2) is 24.3 Å². The van der Waals surface area contributed by atoms with E-state index in [1.54, 1.807) is 0 Å². The SMILES string of the molecule is N#Cc1c(NC(=O)COC(=O)c2c3c(nc4ccccc24)CCCCC3)sc2c1CCCCCC2. The van der Waals surface area contributed by atoms with Crippen LogP contribution in [-0.2, 0) is 35.2 Å². The molecule has 180 valence electrons. The molecule has 5 rings (SSSR count). The lowest BCUT2D eigenvalue weighted by Gasteiger charge is -2.15. The number of aromatic nitrogens is 1. The summed E-state index contributed by atoms with van der Waals surface area (Å²) in [6.07, 6.45) is 11.2. The van der Waals surface area contributed by atoms with Gasteiger partial charge in [0.2, 0.25) is 0 Å². The van der Waals surface area contributed by atoms with Crippen LogP contribution in [0.25, 0.3) is 10.9 Å². The van der Waals surface area contributed by atoms with Crippen molar-refractivity contribution in [1.82, 2.24) is 4.98 Å². The fourth-order valence-corrected chi connectivity index (χ4v) is 6.53. The largest absolute Gasteiger partial charge is 0.452 e. The Hall–Kier alpha value is -3.24. The number of nitrogens with one attached hydrogen (secondary N) is 1. The minimum atomic E-state index is -0.490. The first-order chi connectivity index (χ1) is 17.2. The molecule has 2 aromatic heterocycles. The first-order valence-electron chi connectivity index (χ1n) is 12.6. The Morgan fingerprint density at radius 3 is 2.51 bits per heavy atom. The van der Waals surface area contributed by atoms with Crippen molar-refractivity contribution in [3.8, 4) is 6.07 Å². The molecule has 0 aliphatic heterocycles. The van der Waals surface area contributed by atoms with E-state index in [4.69, 9.17) is 9.72 Å². The maximum absolute atomic E-state index is 13.3. The number of carbonyl (C=O) groups excluding carboxylic acids is 2. The first kappa shape index (κ1) is 23.5. The Kier molecular flexibility index (Phi) is 7.10. The van der Waals surface area contributed by atoms with Crippen LogP contribution in [0.1, 0.15) is 82.6 Å². The average molecular weight is 488 g/mol. The minimum absolute atomic E-state index is 0.391. The van der Waals surface area contributed by atoms with Crippen molar-refractivity contribution in [3.63, 3.8) is 0 Å². The van der Waals surface area contributed by atoms with Crippen molar-refractivity contribution in [2.24, 2.45) is 0 Å². The van der Waals surface area contributed by atoms with Crippen molar-refractivity contribution in [2.75, 3.05) is 11.9 Å². The van der Waals surface area contributed by atoms with Crippen molar-refractivity contribution in [2.45, 2.75) is 70.6 Å². The highest BCUT2D eigenvalue weighted by Crippen LogP contribution is 2.36. The molecule has 0 atom stereocenters. The van der Waals surface area contributed by atoms with Gasteiger partial charge in [0.05, 0.1) is 16.6 Å². The Balaban J connectivity index is 1.34. The smallest absolute Gasteiger partial charge is 0.339 e. The predicted molar refractivity (Wildman–Crippen MR) is 137 cm³/mol. The van der Waals surface area contributed by atoms with Gasteiger partial charge in [0, 0.05) is 16.0 Å². The summed E-state index contributed by atoms with van der Waals surface area (Å²) in [5.41, 5.74) is 4.88. The Morgan fingerprint density at radius 2 is 1.69 bits per heavy atom. The number of amides is 1. The van der Waals surface area contributed by atoms with Gasteiger partial charge in [0.15, 0.2) is 6.61 Å². The van der Waals surface area contributed by atoms with Crippen LogP contribution in [0.2, 0.25) is 0 Å². The zero-order valence-corrected chi connectivity index (χ0v) is 20.6. The molecule has 0 bridgehead atoms. The van der Waals surface area contributed by atoms with Gasteiger partial charge in [0.1, 0.15) is 11.1 Å². The Bertz CT molecular complexity index is 1320. The van der Waals surface area contributed by atoms with Crippen LogP contribution in [-0.4, -0.2) is 23.5 Å². The average Bonchev–Trinajstić information content (AvgIpc) is 3.00. The lowest BCUT2D eigenvalue weighted by molar-refractivity contribution is -0.119. The number of hydrogen-bond acceptors (Lipinski definition) is 6. The van der Waals surface area contributed by atoms with Crippen molar-refractivity contribution in [3.05, 3.63) is 57.1 Å². The van der Waals surface area contributed by atoms with Crippen LogP contribution in [0.5, 0.6) is 0 Å². The normalized spacial score (nSPS) is 15.6. The maximum atomic E-state index is 13.3. The number of esters is 1. The summed E-state index contributed by atoms with van der Waals surface area (Å²) in [4.78, 5) is 32.1. The summed E-state index contributed by atoms with van der Waals surface area (Å²) in [7, 11) is 0. The second kappa shape index (κ2) is 10.6. The lowest BCUT2D eigenvalue weighted by atomic mass is 9.97. The van der Waals surface area contributed by atoms with Crippen LogP contribution >= 0.6 is 11.3 Å². The number of fused-ring (bicyclic) bond motifs is 3. The van der Waals surface area contributed by atoms with Crippen molar-refractivity contribution < 1.29 is 14.3 Å². The maximum Gasteiger partial charge on any atom is 0.339 e. The standard InChI is InChI=1S/C28H29N3O3S/c29-16-21-18-10-4-1-2-7-15-24(18)35-27(21)31-25(32)17-34-28(33)26-19-11-5-3-6-13-22(19)30-23-14-9-8-12-20(23)26/h8-9,12,14H,1-7,10-11,13,15,17H2,(H,31,32). The summed E-state index contributed by atoms with van der Waals surface area (Å²) < 4.78 is 5.54. The zero-order valence-electron chi connectivity index (χ0n) is 19.8. The molecule has 0 saturated carbocycles. The van der Waals surface area contributed by atoms with Gasteiger partial charge >= 0.3 is 5.97 Å². The molecule has 1 N–H and O–H groups in total. The summed E-state index contributed by atoms with van der Waals surface area (Å²) in [5.74, 6) is -0.913. The Labute approximate surface area is 209 Å². The number of nitriles is 1. The van der Waals surface area contributed by atoms with E-state index in [1.165, 1.54) is 29.1 Å². The third-order valence-electron chi connectivity index (χ3n) is 6.99. The summed E-state index contributed by atoms with van der Waals surface area (Å²) in [5, 5.41) is 13.9. The van der Waals surface area contributed by atoms with Crippen molar-refractivity contribution in [1.29, 1.82) is 5.26 Å². The number of aryl methyl sites for hydroxylation is 2. The third-order valence-corrected chi connectivity index (χ3v) is 8.20. The van der Waals surface area contributed by atoms with Crippen LogP contribution in [0.3, 0.4) is 0 Å². The molecule has 0 spiro atoms. The molecule has 0 unspecified atom stereocenters. The van der Waals surface area contributed by atoms with E-state index < -0.39 is 18.5 Å². The molecular formula is C28H29N3O3S. The fraction of sp³-hybridized carbons (Fsp3) is 0.429. The van der Waals surface area contributed by atoms with Gasteiger partial charge in [-0.15, -0.1) is 11.3 Å². The van der Waals surface area contributed by atoms with Gasteiger partial charge in [0.25, 0.3) is 5.91 Å². The number of carbonyl (C=O) groups is 2. The van der Waals surface area contributed by atoms with E-state index >= 15 is 0 Å². The number of rotatable bonds is 4. The highest BCUT2D eigenvalue weighted by molar-refractivity contribution is 7.16. The number of benzene rings is 1. The molecular weight excluding hydrogens is 458 g/mol. The summed E-state index contributed by atoms with van der Waals surface area (Å²) >= 11 is 1.49. The second-order valence-electron chi connectivity index (χ2n) is 9.35. The molecule has 1 aromatic carbocycles. The number of anilines is 1. The first-order valence-corrected chi connectivity index (χ1v) is 13.4. The second-order valence-corrected chi connectivity index (χ2v) is 10.5. The molecule has 7 heteroatoms. The molecule has 0 fully saturated rings. The van der Waals surface area contributed by atoms with Crippen molar-refractivity contribution >= 4 is 39.1 Å². The van der Waals surface area contributed by atoms with E-state index in [-0.39, 0.29) is 0 Å². The molecule has 35 heavy (non-hydrogen) atoms. The van der Waals surface area contributed by atoms with Gasteiger partial charge in [-0.1, -0.05) is 37.5 Å². The number of pyridine rings is 1. The fourth-order valence-electron chi connectivity index (χ4n) is 5.27. The highest BCUT2D eigenvalue weighted by atomic mass is 32.1. The molecule has 2 aliphatic rings. The van der Waals surface area contributed by atoms with E-state index in [0.29, 0.717) is 16.1 Å².